The smallest absolute Gasteiger partial charge is 0.276 e. The summed E-state index contributed by atoms with van der Waals surface area (Å²) < 4.78 is 3.36. The summed E-state index contributed by atoms with van der Waals surface area (Å²) in [5.41, 5.74) is 13.5. The average Bonchev–Trinajstić information content (AvgIpc) is 3.01. The Morgan fingerprint density at radius 2 is 1.63 bits per heavy atom. The predicted octanol–water partition coefficient (Wildman–Crippen LogP) is 4.00. The van der Waals surface area contributed by atoms with Crippen molar-refractivity contribution < 1.29 is 0 Å². The summed E-state index contributed by atoms with van der Waals surface area (Å²) in [6.45, 7) is 8.63. The Balaban J connectivity index is 0.000000589. The van der Waals surface area contributed by atoms with E-state index in [2.05, 4.69) is 49.3 Å². The number of hydrogen-bond acceptors (Lipinski definition) is 4. The second-order valence-electron chi connectivity index (χ2n) is 8.28. The third kappa shape index (κ3) is 4.24. The number of aromatic nitrogens is 3. The second-order valence-corrected chi connectivity index (χ2v) is 8.28. The molecule has 0 radical (unpaired) electrons. The maximum Gasteiger partial charge on any atom is 0.276 e. The lowest BCUT2D eigenvalue weighted by molar-refractivity contribution is 0.667. The minimum absolute atomic E-state index is 0.118. The van der Waals surface area contributed by atoms with Crippen LogP contribution < -0.4 is 17.0 Å². The van der Waals surface area contributed by atoms with Crippen molar-refractivity contribution in [1.29, 1.82) is 0 Å². The fraction of sp³-hybridized carbons (Fsp3) is 0.333. The number of nitrogen functional groups attached to an aromatic ring is 1. The molecule has 6 heteroatoms. The van der Waals surface area contributed by atoms with Crippen molar-refractivity contribution >= 4 is 27.4 Å². The van der Waals surface area contributed by atoms with Crippen molar-refractivity contribution in [1.82, 2.24) is 14.3 Å². The number of fused-ring (bicyclic) bond motifs is 2. The lowest BCUT2D eigenvalue weighted by Gasteiger charge is -2.11. The first kappa shape index (κ1) is 21.6. The van der Waals surface area contributed by atoms with Crippen molar-refractivity contribution in [2.75, 3.05) is 5.73 Å². The Bertz CT molecular complexity index is 1230. The molecule has 0 amide bonds. The molecule has 0 aliphatic heterocycles. The van der Waals surface area contributed by atoms with Crippen LogP contribution in [-0.2, 0) is 13.6 Å². The van der Waals surface area contributed by atoms with Gasteiger partial charge in [-0.1, -0.05) is 70.2 Å². The third-order valence-electron chi connectivity index (χ3n) is 4.93. The highest BCUT2D eigenvalue weighted by atomic mass is 16.1. The number of nitrogens with zero attached hydrogens (tertiary/aromatic N) is 3. The van der Waals surface area contributed by atoms with Gasteiger partial charge >= 0.3 is 0 Å². The normalized spacial score (nSPS) is 11.3. The van der Waals surface area contributed by atoms with Gasteiger partial charge in [0.1, 0.15) is 5.82 Å². The molecule has 6 nitrogen and oxygen atoms in total. The van der Waals surface area contributed by atoms with Gasteiger partial charge in [0.25, 0.3) is 5.56 Å². The van der Waals surface area contributed by atoms with Crippen molar-refractivity contribution in [3.63, 3.8) is 0 Å². The highest BCUT2D eigenvalue weighted by molar-refractivity contribution is 5.94. The molecule has 4 rings (SSSR count). The van der Waals surface area contributed by atoms with Gasteiger partial charge in [0.05, 0.1) is 16.5 Å². The highest BCUT2D eigenvalue weighted by Gasteiger charge is 2.18. The molecule has 0 saturated carbocycles. The highest BCUT2D eigenvalue weighted by Crippen LogP contribution is 2.29. The van der Waals surface area contributed by atoms with Gasteiger partial charge in [0, 0.05) is 19.8 Å². The fourth-order valence-corrected chi connectivity index (χ4v) is 3.58. The van der Waals surface area contributed by atoms with Crippen LogP contribution >= 0.6 is 0 Å². The van der Waals surface area contributed by atoms with Crippen molar-refractivity contribution in [3.05, 3.63) is 70.3 Å². The van der Waals surface area contributed by atoms with Crippen LogP contribution in [0.25, 0.3) is 21.5 Å². The molecule has 0 saturated heterocycles. The molecule has 0 fully saturated rings. The largest absolute Gasteiger partial charge is 0.385 e. The van der Waals surface area contributed by atoms with E-state index in [-0.39, 0.29) is 11.5 Å². The molecule has 2 aromatic carbocycles. The Hall–Kier alpha value is -3.12. The first-order valence-corrected chi connectivity index (χ1v) is 10.3. The van der Waals surface area contributed by atoms with E-state index in [9.17, 15) is 4.79 Å². The lowest BCUT2D eigenvalue weighted by atomic mass is 10.0. The number of anilines is 1. The van der Waals surface area contributed by atoms with Gasteiger partial charge in [-0.3, -0.25) is 4.79 Å². The number of aryl methyl sites for hydroxylation is 1. The molecule has 0 aliphatic rings. The maximum absolute atomic E-state index is 12.6. The standard InChI is InChI=1S/C21H22N4O.C3H9N/c1-13(2)19-18-17(21(26)24(3)23-19)12-25(20(18)22)11-15-9-6-8-14-7-4-5-10-16(14)15;1-3(2)4/h4-10,12-13H,11,22H2,1-3H3;3H,4H2,1-2H3. The monoisotopic (exact) mass is 405 g/mol. The van der Waals surface area contributed by atoms with Crippen LogP contribution in [-0.4, -0.2) is 20.4 Å². The van der Waals surface area contributed by atoms with E-state index in [4.69, 9.17) is 11.5 Å². The summed E-state index contributed by atoms with van der Waals surface area (Å²) in [5.74, 6) is 0.779. The summed E-state index contributed by atoms with van der Waals surface area (Å²) in [6, 6.07) is 14.9. The second kappa shape index (κ2) is 8.71. The molecule has 0 aliphatic carbocycles. The van der Waals surface area contributed by atoms with Gasteiger partial charge in [-0.15, -0.1) is 0 Å². The summed E-state index contributed by atoms with van der Waals surface area (Å²) in [6.07, 6.45) is 1.86. The van der Waals surface area contributed by atoms with E-state index in [1.807, 2.05) is 36.7 Å². The topological polar surface area (TPSA) is 91.9 Å². The van der Waals surface area contributed by atoms with Gasteiger partial charge in [-0.05, 0) is 28.3 Å². The summed E-state index contributed by atoms with van der Waals surface area (Å²) >= 11 is 0. The molecular formula is C24H31N5O. The molecule has 2 heterocycles. The van der Waals surface area contributed by atoms with E-state index in [1.54, 1.807) is 7.05 Å². The third-order valence-corrected chi connectivity index (χ3v) is 4.93. The van der Waals surface area contributed by atoms with Gasteiger partial charge < -0.3 is 16.0 Å². The zero-order valence-electron chi connectivity index (χ0n) is 18.4. The number of benzene rings is 2. The first-order chi connectivity index (χ1) is 14.2. The van der Waals surface area contributed by atoms with Crippen molar-refractivity contribution in [2.45, 2.75) is 46.2 Å². The zero-order chi connectivity index (χ0) is 22.0. The molecular weight excluding hydrogens is 374 g/mol. The van der Waals surface area contributed by atoms with Crippen LogP contribution in [0.4, 0.5) is 5.82 Å². The Kier molecular flexibility index (Phi) is 6.27. The van der Waals surface area contributed by atoms with Crippen LogP contribution in [0.15, 0.2) is 53.5 Å². The Labute approximate surface area is 177 Å². The van der Waals surface area contributed by atoms with Crippen LogP contribution in [0.1, 0.15) is 44.9 Å². The molecule has 158 valence electrons. The van der Waals surface area contributed by atoms with E-state index in [1.165, 1.54) is 21.0 Å². The van der Waals surface area contributed by atoms with Crippen LogP contribution in [0.5, 0.6) is 0 Å². The molecule has 2 aromatic heterocycles. The van der Waals surface area contributed by atoms with Crippen molar-refractivity contribution in [3.8, 4) is 0 Å². The van der Waals surface area contributed by atoms with Gasteiger partial charge in [-0.25, -0.2) is 4.68 Å². The van der Waals surface area contributed by atoms with Gasteiger partial charge in [0.15, 0.2) is 0 Å². The quantitative estimate of drug-likeness (QED) is 0.539. The van der Waals surface area contributed by atoms with Gasteiger partial charge in [-0.2, -0.15) is 5.10 Å². The number of rotatable bonds is 3. The fourth-order valence-electron chi connectivity index (χ4n) is 3.58. The molecule has 4 N–H and O–H groups in total. The van der Waals surface area contributed by atoms with Crippen LogP contribution in [0, 0.1) is 0 Å². The Morgan fingerprint density at radius 3 is 2.30 bits per heavy atom. The summed E-state index contributed by atoms with van der Waals surface area (Å²) in [5, 5.41) is 8.24. The molecule has 30 heavy (non-hydrogen) atoms. The number of nitrogens with two attached hydrogens (primary N) is 2. The molecule has 4 aromatic rings. The van der Waals surface area contributed by atoms with Crippen LogP contribution in [0.2, 0.25) is 0 Å². The minimum Gasteiger partial charge on any atom is -0.385 e. The van der Waals surface area contributed by atoms with E-state index in [0.29, 0.717) is 23.8 Å². The molecule has 0 bridgehead atoms. The molecule has 0 unspecified atom stereocenters. The summed E-state index contributed by atoms with van der Waals surface area (Å²) in [7, 11) is 1.69. The van der Waals surface area contributed by atoms with Gasteiger partial charge in [0.2, 0.25) is 0 Å². The van der Waals surface area contributed by atoms with Crippen LogP contribution in [0.3, 0.4) is 0 Å². The van der Waals surface area contributed by atoms with E-state index >= 15 is 0 Å². The lowest BCUT2D eigenvalue weighted by Crippen LogP contribution is -2.21. The van der Waals surface area contributed by atoms with E-state index < -0.39 is 0 Å². The zero-order valence-corrected chi connectivity index (χ0v) is 18.4. The first-order valence-electron chi connectivity index (χ1n) is 10.3. The molecule has 0 atom stereocenters. The SMILES string of the molecule is CC(C)N.CC(C)c1nn(C)c(=O)c2cn(Cc3cccc4ccccc34)c(N)c12. The molecule has 0 spiro atoms. The number of hydrogen-bond donors (Lipinski definition) is 2. The minimum atomic E-state index is -0.118. The average molecular weight is 406 g/mol. The van der Waals surface area contributed by atoms with E-state index in [0.717, 1.165) is 11.1 Å². The summed E-state index contributed by atoms with van der Waals surface area (Å²) in [4.78, 5) is 12.6. The Morgan fingerprint density at radius 1 is 1.00 bits per heavy atom. The predicted molar refractivity (Wildman–Crippen MR) is 126 cm³/mol. The maximum atomic E-state index is 12.6. The van der Waals surface area contributed by atoms with Crippen molar-refractivity contribution in [2.24, 2.45) is 12.8 Å².